The molecule has 0 amide bonds. The molecule has 19 heavy (non-hydrogen) atoms. The van der Waals surface area contributed by atoms with Gasteiger partial charge < -0.3 is 10.2 Å². The Morgan fingerprint density at radius 2 is 1.95 bits per heavy atom. The van der Waals surface area contributed by atoms with Crippen molar-refractivity contribution in [3.8, 4) is 0 Å². The van der Waals surface area contributed by atoms with Crippen LogP contribution in [-0.4, -0.2) is 4.98 Å². The lowest BCUT2D eigenvalue weighted by atomic mass is 10.1. The van der Waals surface area contributed by atoms with E-state index in [1.165, 1.54) is 12.1 Å². The molecule has 0 saturated carbocycles. The van der Waals surface area contributed by atoms with Gasteiger partial charge in [0.15, 0.2) is 0 Å². The number of pyridine rings is 1. The number of fused-ring (bicyclic) bond motifs is 1. The molecule has 0 spiro atoms. The van der Waals surface area contributed by atoms with Crippen molar-refractivity contribution < 1.29 is 8.81 Å². The number of nitrogens with two attached hydrogens (primary N) is 1. The van der Waals surface area contributed by atoms with Gasteiger partial charge in [0.05, 0.1) is 6.04 Å². The number of benzene rings is 1. The van der Waals surface area contributed by atoms with Crippen molar-refractivity contribution in [2.75, 3.05) is 0 Å². The smallest absolute Gasteiger partial charge is 0.134 e. The third kappa shape index (κ3) is 2.48. The van der Waals surface area contributed by atoms with Gasteiger partial charge in [0, 0.05) is 17.8 Å². The Labute approximate surface area is 109 Å². The second-order valence-electron chi connectivity index (χ2n) is 4.50. The second kappa shape index (κ2) is 4.82. The van der Waals surface area contributed by atoms with E-state index in [1.54, 1.807) is 24.5 Å². The van der Waals surface area contributed by atoms with Gasteiger partial charge in [-0.05, 0) is 48.4 Å². The van der Waals surface area contributed by atoms with Crippen molar-refractivity contribution in [1.29, 1.82) is 0 Å². The monoisotopic (exact) mass is 256 g/mol. The summed E-state index contributed by atoms with van der Waals surface area (Å²) in [6, 6.07) is 9.82. The number of hydrogen-bond acceptors (Lipinski definition) is 3. The molecule has 0 aliphatic heterocycles. The predicted octanol–water partition coefficient (Wildman–Crippen LogP) is 3.21. The van der Waals surface area contributed by atoms with Crippen molar-refractivity contribution >= 4 is 11.0 Å². The summed E-state index contributed by atoms with van der Waals surface area (Å²) in [5, 5.41) is 0.736. The van der Waals surface area contributed by atoms with Crippen LogP contribution >= 0.6 is 0 Å². The van der Waals surface area contributed by atoms with E-state index in [1.807, 2.05) is 12.1 Å². The molecule has 1 aromatic carbocycles. The molecule has 0 aliphatic rings. The van der Waals surface area contributed by atoms with Crippen molar-refractivity contribution in [2.24, 2.45) is 5.73 Å². The van der Waals surface area contributed by atoms with E-state index in [9.17, 15) is 4.39 Å². The van der Waals surface area contributed by atoms with Crippen molar-refractivity contribution in [3.63, 3.8) is 0 Å². The topological polar surface area (TPSA) is 52.0 Å². The highest BCUT2D eigenvalue weighted by Gasteiger charge is 2.13. The van der Waals surface area contributed by atoms with Crippen LogP contribution in [0.1, 0.15) is 17.4 Å². The van der Waals surface area contributed by atoms with Gasteiger partial charge in [-0.1, -0.05) is 0 Å². The lowest BCUT2D eigenvalue weighted by Crippen LogP contribution is -2.12. The van der Waals surface area contributed by atoms with Crippen LogP contribution < -0.4 is 5.73 Å². The summed E-state index contributed by atoms with van der Waals surface area (Å²) in [4.78, 5) is 3.96. The van der Waals surface area contributed by atoms with E-state index in [-0.39, 0.29) is 11.9 Å². The first-order valence-electron chi connectivity index (χ1n) is 6.06. The molecule has 2 N–H and O–H groups in total. The number of nitrogens with zero attached hydrogens (tertiary/aromatic N) is 1. The van der Waals surface area contributed by atoms with Gasteiger partial charge in [0.25, 0.3) is 0 Å². The molecule has 3 aromatic rings. The highest BCUT2D eigenvalue weighted by molar-refractivity contribution is 5.78. The molecule has 2 aromatic heterocycles. The molecule has 4 heteroatoms. The minimum Gasteiger partial charge on any atom is -0.459 e. The Bertz CT molecular complexity index is 694. The van der Waals surface area contributed by atoms with E-state index in [4.69, 9.17) is 10.2 Å². The fraction of sp³-hybridized carbons (Fsp3) is 0.133. The molecule has 0 bridgehead atoms. The average molecular weight is 256 g/mol. The van der Waals surface area contributed by atoms with Crippen LogP contribution in [0.25, 0.3) is 11.0 Å². The van der Waals surface area contributed by atoms with E-state index < -0.39 is 0 Å². The van der Waals surface area contributed by atoms with Crippen LogP contribution in [-0.2, 0) is 6.42 Å². The zero-order chi connectivity index (χ0) is 13.2. The maximum atomic E-state index is 13.1. The molecular weight excluding hydrogens is 243 g/mol. The van der Waals surface area contributed by atoms with E-state index in [0.29, 0.717) is 17.8 Å². The van der Waals surface area contributed by atoms with Gasteiger partial charge in [-0.2, -0.15) is 0 Å². The summed E-state index contributed by atoms with van der Waals surface area (Å²) >= 11 is 0. The molecule has 0 fully saturated rings. The normalized spacial score (nSPS) is 12.7. The Balaban J connectivity index is 1.87. The first kappa shape index (κ1) is 11.9. The zero-order valence-electron chi connectivity index (χ0n) is 10.2. The van der Waals surface area contributed by atoms with Gasteiger partial charge >= 0.3 is 0 Å². The highest BCUT2D eigenvalue weighted by atomic mass is 19.1. The van der Waals surface area contributed by atoms with Gasteiger partial charge in [0.1, 0.15) is 17.2 Å². The quantitative estimate of drug-likeness (QED) is 0.782. The van der Waals surface area contributed by atoms with E-state index in [2.05, 4.69) is 4.98 Å². The molecule has 0 radical (unpaired) electrons. The fourth-order valence-electron chi connectivity index (χ4n) is 2.09. The molecule has 1 unspecified atom stereocenters. The maximum absolute atomic E-state index is 13.1. The van der Waals surface area contributed by atoms with Crippen LogP contribution in [0.5, 0.6) is 0 Å². The molecule has 0 saturated heterocycles. The third-order valence-corrected chi connectivity index (χ3v) is 3.07. The standard InChI is InChI=1S/C15H13FN2O/c16-12-1-2-14-11(8-12)9-15(19-14)13(17)7-10-3-5-18-6-4-10/h1-6,8-9,13H,7,17H2. The molecule has 2 heterocycles. The Hall–Kier alpha value is -2.20. The summed E-state index contributed by atoms with van der Waals surface area (Å²) in [6.07, 6.45) is 4.12. The minimum atomic E-state index is -0.275. The number of furan rings is 1. The lowest BCUT2D eigenvalue weighted by molar-refractivity contribution is 0.493. The first-order valence-corrected chi connectivity index (χ1v) is 6.06. The highest BCUT2D eigenvalue weighted by Crippen LogP contribution is 2.25. The summed E-state index contributed by atoms with van der Waals surface area (Å²) in [6.45, 7) is 0. The fourth-order valence-corrected chi connectivity index (χ4v) is 2.09. The molecular formula is C15H13FN2O. The molecule has 0 aliphatic carbocycles. The van der Waals surface area contributed by atoms with Crippen LogP contribution in [0.2, 0.25) is 0 Å². The van der Waals surface area contributed by atoms with Crippen molar-refractivity contribution in [3.05, 3.63) is 65.9 Å². The van der Waals surface area contributed by atoms with Gasteiger partial charge in [-0.3, -0.25) is 4.98 Å². The van der Waals surface area contributed by atoms with Crippen LogP contribution in [0, 0.1) is 5.82 Å². The van der Waals surface area contributed by atoms with Gasteiger partial charge in [0.2, 0.25) is 0 Å². The third-order valence-electron chi connectivity index (χ3n) is 3.07. The van der Waals surface area contributed by atoms with Crippen LogP contribution in [0.15, 0.2) is 53.2 Å². The van der Waals surface area contributed by atoms with E-state index in [0.717, 1.165) is 10.9 Å². The summed E-state index contributed by atoms with van der Waals surface area (Å²) in [5.74, 6) is 0.389. The average Bonchev–Trinajstić information content (AvgIpc) is 2.83. The lowest BCUT2D eigenvalue weighted by Gasteiger charge is -2.07. The summed E-state index contributed by atoms with van der Waals surface area (Å²) in [5.41, 5.74) is 7.87. The van der Waals surface area contributed by atoms with Gasteiger partial charge in [-0.25, -0.2) is 4.39 Å². The first-order chi connectivity index (χ1) is 9.22. The summed E-state index contributed by atoms with van der Waals surface area (Å²) in [7, 11) is 0. The second-order valence-corrected chi connectivity index (χ2v) is 4.50. The number of aromatic nitrogens is 1. The van der Waals surface area contributed by atoms with E-state index >= 15 is 0 Å². The minimum absolute atomic E-state index is 0.252. The van der Waals surface area contributed by atoms with Crippen molar-refractivity contribution in [1.82, 2.24) is 4.98 Å². The number of hydrogen-bond donors (Lipinski definition) is 1. The molecule has 1 atom stereocenters. The number of halogens is 1. The van der Waals surface area contributed by atoms with Crippen molar-refractivity contribution in [2.45, 2.75) is 12.5 Å². The predicted molar refractivity (Wildman–Crippen MR) is 71.0 cm³/mol. The largest absolute Gasteiger partial charge is 0.459 e. The van der Waals surface area contributed by atoms with Crippen LogP contribution in [0.3, 0.4) is 0 Å². The molecule has 3 rings (SSSR count). The Kier molecular flexibility index (Phi) is 3.01. The van der Waals surface area contributed by atoms with Gasteiger partial charge in [-0.15, -0.1) is 0 Å². The maximum Gasteiger partial charge on any atom is 0.134 e. The molecule has 96 valence electrons. The number of rotatable bonds is 3. The zero-order valence-corrected chi connectivity index (χ0v) is 10.2. The Morgan fingerprint density at radius 3 is 2.74 bits per heavy atom. The van der Waals surface area contributed by atoms with Crippen LogP contribution in [0.4, 0.5) is 4.39 Å². The SMILES string of the molecule is NC(Cc1ccncc1)c1cc2cc(F)ccc2o1. The Morgan fingerprint density at radius 1 is 1.16 bits per heavy atom. The summed E-state index contributed by atoms with van der Waals surface area (Å²) < 4.78 is 18.8. The molecule has 3 nitrogen and oxygen atoms in total.